The number of hydrogen-bond acceptors (Lipinski definition) is 4. The largest absolute Gasteiger partial charge is 0.480 e. The van der Waals surface area contributed by atoms with Crippen LogP contribution in [0.5, 0.6) is 0 Å². The quantitative estimate of drug-likeness (QED) is 0.607. The Bertz CT molecular complexity index is 356. The molecule has 0 fully saturated rings. The fourth-order valence-corrected chi connectivity index (χ4v) is 1.47. The van der Waals surface area contributed by atoms with Crippen LogP contribution in [-0.4, -0.2) is 28.4 Å². The van der Waals surface area contributed by atoms with E-state index in [4.69, 9.17) is 15.8 Å². The maximum atomic E-state index is 11.9. The Kier molecular flexibility index (Phi) is 4.23. The molecule has 1 unspecified atom stereocenters. The Balaban J connectivity index is 2.79. The number of nitrogens with two attached hydrogens (primary N) is 1. The number of ketones is 1. The van der Waals surface area contributed by atoms with Gasteiger partial charge < -0.3 is 15.8 Å². The van der Waals surface area contributed by atoms with Crippen molar-refractivity contribution >= 4 is 12.9 Å². The fourth-order valence-electron chi connectivity index (χ4n) is 1.47. The number of Topliss-reactive ketones (excluding diaryl/α,β-unsaturated/α-hetero) is 1. The average Bonchev–Trinajstić information content (AvgIpc) is 2.28. The topological polar surface area (TPSA) is 83.6 Å². The minimum atomic E-state index is -1.83. The maximum Gasteiger partial charge on any atom is 0.480 e. The van der Waals surface area contributed by atoms with E-state index in [0.717, 1.165) is 5.56 Å². The molecule has 0 aliphatic rings. The van der Waals surface area contributed by atoms with Crippen molar-refractivity contribution in [2.45, 2.75) is 25.2 Å². The molecule has 4 nitrogen and oxygen atoms in total. The van der Waals surface area contributed by atoms with E-state index in [1.54, 1.807) is 19.1 Å². The van der Waals surface area contributed by atoms with Gasteiger partial charge in [0, 0.05) is 6.42 Å². The highest BCUT2D eigenvalue weighted by Crippen LogP contribution is 2.13. The Morgan fingerprint density at radius 1 is 1.38 bits per heavy atom. The summed E-state index contributed by atoms with van der Waals surface area (Å²) in [5.41, 5.74) is 4.92. The van der Waals surface area contributed by atoms with E-state index in [9.17, 15) is 4.79 Å². The van der Waals surface area contributed by atoms with Crippen LogP contribution in [0.4, 0.5) is 0 Å². The molecular formula is C11H16BNO3. The second kappa shape index (κ2) is 5.25. The lowest BCUT2D eigenvalue weighted by atomic mass is 9.61. The Hall–Kier alpha value is -1.17. The molecule has 1 aromatic rings. The summed E-state index contributed by atoms with van der Waals surface area (Å²) in [7, 11) is -1.83. The fraction of sp³-hybridized carbons (Fsp3) is 0.364. The minimum Gasteiger partial charge on any atom is -0.426 e. The van der Waals surface area contributed by atoms with Gasteiger partial charge >= 0.3 is 7.12 Å². The van der Waals surface area contributed by atoms with Gasteiger partial charge in [-0.1, -0.05) is 37.3 Å². The van der Waals surface area contributed by atoms with E-state index in [2.05, 4.69) is 0 Å². The smallest absolute Gasteiger partial charge is 0.426 e. The molecule has 0 bridgehead atoms. The van der Waals surface area contributed by atoms with Crippen LogP contribution in [0.1, 0.15) is 18.9 Å². The highest BCUT2D eigenvalue weighted by Gasteiger charge is 2.43. The van der Waals surface area contributed by atoms with Crippen molar-refractivity contribution in [1.29, 1.82) is 0 Å². The average molecular weight is 221 g/mol. The summed E-state index contributed by atoms with van der Waals surface area (Å²) in [6.45, 7) is 1.66. The molecule has 0 saturated carbocycles. The molecule has 0 aromatic heterocycles. The second-order valence-electron chi connectivity index (χ2n) is 3.85. The van der Waals surface area contributed by atoms with Crippen LogP contribution < -0.4 is 5.73 Å². The molecule has 4 N–H and O–H groups in total. The third kappa shape index (κ3) is 2.69. The predicted octanol–water partition coefficient (Wildman–Crippen LogP) is -0.0823. The van der Waals surface area contributed by atoms with Gasteiger partial charge in [-0.3, -0.25) is 4.79 Å². The first-order valence-electron chi connectivity index (χ1n) is 5.23. The van der Waals surface area contributed by atoms with Gasteiger partial charge in [0.15, 0.2) is 5.78 Å². The molecule has 0 saturated heterocycles. The lowest BCUT2D eigenvalue weighted by Crippen LogP contribution is -2.60. The van der Waals surface area contributed by atoms with Crippen LogP contribution in [-0.2, 0) is 11.2 Å². The molecule has 0 aliphatic carbocycles. The molecule has 1 rings (SSSR count). The summed E-state index contributed by atoms with van der Waals surface area (Å²) >= 11 is 0. The lowest BCUT2D eigenvalue weighted by Gasteiger charge is -2.25. The van der Waals surface area contributed by atoms with Gasteiger partial charge in [0.05, 0.1) is 0 Å². The van der Waals surface area contributed by atoms with E-state index in [-0.39, 0.29) is 18.6 Å². The Labute approximate surface area is 95.2 Å². The minimum absolute atomic E-state index is 0.114. The van der Waals surface area contributed by atoms with Crippen LogP contribution in [0.15, 0.2) is 30.3 Å². The summed E-state index contributed by atoms with van der Waals surface area (Å²) in [4.78, 5) is 11.9. The first kappa shape index (κ1) is 12.9. The Morgan fingerprint density at radius 3 is 2.38 bits per heavy atom. The summed E-state index contributed by atoms with van der Waals surface area (Å²) in [5.74, 6) is -0.365. The summed E-state index contributed by atoms with van der Waals surface area (Å²) in [6, 6.07) is 9.10. The lowest BCUT2D eigenvalue weighted by molar-refractivity contribution is -0.121. The van der Waals surface area contributed by atoms with E-state index in [1.807, 2.05) is 18.2 Å². The van der Waals surface area contributed by atoms with Gasteiger partial charge in [-0.15, -0.1) is 0 Å². The first-order valence-corrected chi connectivity index (χ1v) is 5.23. The number of carbonyl (C=O) groups excluding carboxylic acids is 1. The zero-order chi connectivity index (χ0) is 12.2. The zero-order valence-electron chi connectivity index (χ0n) is 9.26. The van der Waals surface area contributed by atoms with Crippen molar-refractivity contribution in [3.63, 3.8) is 0 Å². The van der Waals surface area contributed by atoms with E-state index in [1.165, 1.54) is 0 Å². The highest BCUT2D eigenvalue weighted by molar-refractivity contribution is 6.52. The van der Waals surface area contributed by atoms with Crippen LogP contribution >= 0.6 is 0 Å². The standard InChI is InChI=1S/C11H16BNO3/c1-2-11(13,12(15)16)10(14)8-9-6-4-3-5-7-9/h3-7,15-16H,2,8,13H2,1H3. The predicted molar refractivity (Wildman–Crippen MR) is 62.6 cm³/mol. The van der Waals surface area contributed by atoms with Gasteiger partial charge in [-0.05, 0) is 12.0 Å². The van der Waals surface area contributed by atoms with E-state index >= 15 is 0 Å². The summed E-state index contributed by atoms with van der Waals surface area (Å²) in [5, 5.41) is 18.3. The molecule has 0 heterocycles. The van der Waals surface area contributed by atoms with Crippen LogP contribution in [0.25, 0.3) is 0 Å². The number of carbonyl (C=O) groups is 1. The van der Waals surface area contributed by atoms with Crippen molar-refractivity contribution in [3.05, 3.63) is 35.9 Å². The monoisotopic (exact) mass is 221 g/mol. The van der Waals surface area contributed by atoms with Gasteiger partial charge in [-0.2, -0.15) is 0 Å². The number of hydrogen-bond donors (Lipinski definition) is 3. The molecule has 0 spiro atoms. The molecule has 1 atom stereocenters. The highest BCUT2D eigenvalue weighted by atomic mass is 16.4. The van der Waals surface area contributed by atoms with E-state index < -0.39 is 12.6 Å². The van der Waals surface area contributed by atoms with E-state index in [0.29, 0.717) is 0 Å². The van der Waals surface area contributed by atoms with Crippen LogP contribution in [0, 0.1) is 0 Å². The maximum absolute atomic E-state index is 11.9. The third-order valence-corrected chi connectivity index (χ3v) is 2.77. The number of benzene rings is 1. The molecule has 0 aliphatic heterocycles. The molecule has 5 heteroatoms. The Morgan fingerprint density at radius 2 is 1.94 bits per heavy atom. The molecular weight excluding hydrogens is 205 g/mol. The molecule has 1 aromatic carbocycles. The first-order chi connectivity index (χ1) is 7.50. The molecule has 0 amide bonds. The third-order valence-electron chi connectivity index (χ3n) is 2.77. The molecule has 16 heavy (non-hydrogen) atoms. The van der Waals surface area contributed by atoms with Crippen molar-refractivity contribution < 1.29 is 14.8 Å². The number of rotatable bonds is 5. The summed E-state index contributed by atoms with van der Waals surface area (Å²) in [6.07, 6.45) is 0.305. The zero-order valence-corrected chi connectivity index (χ0v) is 9.26. The van der Waals surface area contributed by atoms with Crippen LogP contribution in [0.2, 0.25) is 0 Å². The van der Waals surface area contributed by atoms with Gasteiger partial charge in [0.25, 0.3) is 0 Å². The van der Waals surface area contributed by atoms with Crippen molar-refractivity contribution in [3.8, 4) is 0 Å². The van der Waals surface area contributed by atoms with Crippen molar-refractivity contribution in [1.82, 2.24) is 0 Å². The normalized spacial score (nSPS) is 14.2. The second-order valence-corrected chi connectivity index (χ2v) is 3.85. The molecule has 0 radical (unpaired) electrons. The van der Waals surface area contributed by atoms with Gasteiger partial charge in [0.1, 0.15) is 5.44 Å². The van der Waals surface area contributed by atoms with Crippen molar-refractivity contribution in [2.24, 2.45) is 5.73 Å². The van der Waals surface area contributed by atoms with Gasteiger partial charge in [-0.25, -0.2) is 0 Å². The van der Waals surface area contributed by atoms with Crippen molar-refractivity contribution in [2.75, 3.05) is 0 Å². The molecule has 86 valence electrons. The van der Waals surface area contributed by atoms with Gasteiger partial charge in [0.2, 0.25) is 0 Å². The SMILES string of the molecule is CCC(N)(B(O)O)C(=O)Cc1ccccc1. The van der Waals surface area contributed by atoms with Crippen LogP contribution in [0.3, 0.4) is 0 Å². The summed E-state index contributed by atoms with van der Waals surface area (Å²) < 4.78 is 0.